The van der Waals surface area contributed by atoms with E-state index in [-0.39, 0.29) is 0 Å². The molecule has 0 unspecified atom stereocenters. The van der Waals surface area contributed by atoms with E-state index in [1.807, 2.05) is 27.1 Å². The number of hydrogen-bond acceptors (Lipinski definition) is 2. The van der Waals surface area contributed by atoms with E-state index in [1.165, 1.54) is 10.5 Å². The van der Waals surface area contributed by atoms with Crippen LogP contribution in [0.3, 0.4) is 0 Å². The molecule has 0 saturated heterocycles. The van der Waals surface area contributed by atoms with Gasteiger partial charge >= 0.3 is 0 Å². The zero-order valence-electron chi connectivity index (χ0n) is 8.27. The molecule has 0 amide bonds. The number of nitrogens with one attached hydrogen (secondary N) is 1. The summed E-state index contributed by atoms with van der Waals surface area (Å²) < 4.78 is 0. The van der Waals surface area contributed by atoms with Crippen molar-refractivity contribution in [1.82, 2.24) is 5.32 Å². The van der Waals surface area contributed by atoms with Gasteiger partial charge in [0.25, 0.3) is 0 Å². The average molecular weight is 183 g/mol. The molecular formula is C10H17NS. The van der Waals surface area contributed by atoms with Gasteiger partial charge in [-0.3, -0.25) is 0 Å². The molecule has 68 valence electrons. The summed E-state index contributed by atoms with van der Waals surface area (Å²) in [5.41, 5.74) is 2.28. The predicted molar refractivity (Wildman–Crippen MR) is 59.2 cm³/mol. The van der Waals surface area contributed by atoms with Crippen LogP contribution < -0.4 is 5.32 Å². The SMILES string of the molecule is C=C(C)C(=C/NC)/C(=C\C)SC. The lowest BCUT2D eigenvalue weighted by Crippen LogP contribution is -1.98. The van der Waals surface area contributed by atoms with Gasteiger partial charge in [0.2, 0.25) is 0 Å². The van der Waals surface area contributed by atoms with Crippen molar-refractivity contribution in [2.24, 2.45) is 0 Å². The fraction of sp³-hybridized carbons (Fsp3) is 0.400. The van der Waals surface area contributed by atoms with Gasteiger partial charge in [0.05, 0.1) is 0 Å². The average Bonchev–Trinajstić information content (AvgIpc) is 2.05. The highest BCUT2D eigenvalue weighted by Crippen LogP contribution is 2.25. The first-order chi connectivity index (χ1) is 5.67. The molecule has 0 rings (SSSR count). The maximum Gasteiger partial charge on any atom is 0.0116 e. The molecular weight excluding hydrogens is 166 g/mol. The van der Waals surface area contributed by atoms with Gasteiger partial charge in [-0.1, -0.05) is 12.7 Å². The number of thioether (sulfide) groups is 1. The minimum atomic E-state index is 1.09. The van der Waals surface area contributed by atoms with E-state index in [1.54, 1.807) is 11.8 Å². The van der Waals surface area contributed by atoms with Crippen LogP contribution in [0.2, 0.25) is 0 Å². The Bertz CT molecular complexity index is 214. The third-order valence-electron chi connectivity index (χ3n) is 1.50. The van der Waals surface area contributed by atoms with Crippen molar-refractivity contribution < 1.29 is 0 Å². The van der Waals surface area contributed by atoms with Gasteiger partial charge in [-0.2, -0.15) is 0 Å². The normalized spacial score (nSPS) is 13.0. The number of allylic oxidation sites excluding steroid dienone is 3. The molecule has 0 aromatic heterocycles. The Hall–Kier alpha value is -0.630. The fourth-order valence-electron chi connectivity index (χ4n) is 0.932. The fourth-order valence-corrected chi connectivity index (χ4v) is 1.62. The molecule has 0 fully saturated rings. The summed E-state index contributed by atoms with van der Waals surface area (Å²) in [7, 11) is 1.90. The van der Waals surface area contributed by atoms with Crippen LogP contribution in [0.25, 0.3) is 0 Å². The molecule has 0 spiro atoms. The largest absolute Gasteiger partial charge is 0.393 e. The van der Waals surface area contributed by atoms with Crippen LogP contribution in [0, 0.1) is 0 Å². The molecule has 0 radical (unpaired) electrons. The topological polar surface area (TPSA) is 12.0 Å². The van der Waals surface area contributed by atoms with Gasteiger partial charge in [0, 0.05) is 23.7 Å². The quantitative estimate of drug-likeness (QED) is 0.673. The summed E-state index contributed by atoms with van der Waals surface area (Å²) in [6.07, 6.45) is 6.15. The molecule has 2 heteroatoms. The van der Waals surface area contributed by atoms with Crippen molar-refractivity contribution in [2.45, 2.75) is 13.8 Å². The Morgan fingerprint density at radius 3 is 2.33 bits per heavy atom. The van der Waals surface area contributed by atoms with Gasteiger partial charge < -0.3 is 5.32 Å². The molecule has 0 saturated carbocycles. The lowest BCUT2D eigenvalue weighted by atomic mass is 10.1. The summed E-state index contributed by atoms with van der Waals surface area (Å²) in [5, 5.41) is 3.02. The van der Waals surface area contributed by atoms with Crippen LogP contribution in [0.15, 0.2) is 34.9 Å². The summed E-state index contributed by atoms with van der Waals surface area (Å²) in [6.45, 7) is 7.99. The van der Waals surface area contributed by atoms with Crippen LogP contribution in [0.5, 0.6) is 0 Å². The van der Waals surface area contributed by atoms with Gasteiger partial charge in [-0.05, 0) is 25.7 Å². The molecule has 12 heavy (non-hydrogen) atoms. The highest BCUT2D eigenvalue weighted by molar-refractivity contribution is 8.02. The Morgan fingerprint density at radius 1 is 1.50 bits per heavy atom. The van der Waals surface area contributed by atoms with Crippen molar-refractivity contribution in [2.75, 3.05) is 13.3 Å². The number of rotatable bonds is 4. The molecule has 0 aromatic rings. The molecule has 0 atom stereocenters. The van der Waals surface area contributed by atoms with Crippen molar-refractivity contribution in [1.29, 1.82) is 0 Å². The maximum atomic E-state index is 3.93. The van der Waals surface area contributed by atoms with Crippen LogP contribution in [0.1, 0.15) is 13.8 Å². The van der Waals surface area contributed by atoms with E-state index < -0.39 is 0 Å². The van der Waals surface area contributed by atoms with Crippen LogP contribution in [0.4, 0.5) is 0 Å². The first-order valence-corrected chi connectivity index (χ1v) is 5.13. The van der Waals surface area contributed by atoms with Crippen LogP contribution >= 0.6 is 11.8 Å². The van der Waals surface area contributed by atoms with E-state index in [2.05, 4.69) is 24.2 Å². The van der Waals surface area contributed by atoms with E-state index in [0.717, 1.165) is 5.57 Å². The van der Waals surface area contributed by atoms with Crippen molar-refractivity contribution in [3.8, 4) is 0 Å². The predicted octanol–water partition coefficient (Wildman–Crippen LogP) is 2.93. The van der Waals surface area contributed by atoms with E-state index in [0.29, 0.717) is 0 Å². The van der Waals surface area contributed by atoms with Crippen molar-refractivity contribution >= 4 is 11.8 Å². The lowest BCUT2D eigenvalue weighted by Gasteiger charge is -2.08. The number of hydrogen-bond donors (Lipinski definition) is 1. The van der Waals surface area contributed by atoms with Crippen LogP contribution in [-0.2, 0) is 0 Å². The second kappa shape index (κ2) is 5.95. The lowest BCUT2D eigenvalue weighted by molar-refractivity contribution is 1.08. The van der Waals surface area contributed by atoms with Gasteiger partial charge in [0.1, 0.15) is 0 Å². The summed E-state index contributed by atoms with van der Waals surface area (Å²) in [6, 6.07) is 0. The molecule has 1 N–H and O–H groups in total. The van der Waals surface area contributed by atoms with Gasteiger partial charge in [-0.25, -0.2) is 0 Å². The summed E-state index contributed by atoms with van der Waals surface area (Å²) >= 11 is 1.74. The molecule has 0 bridgehead atoms. The maximum absolute atomic E-state index is 3.93. The molecule has 0 aromatic carbocycles. The van der Waals surface area contributed by atoms with E-state index >= 15 is 0 Å². The zero-order valence-corrected chi connectivity index (χ0v) is 9.09. The molecule has 1 nitrogen and oxygen atoms in total. The zero-order chi connectivity index (χ0) is 9.56. The monoisotopic (exact) mass is 183 g/mol. The molecule has 0 aliphatic heterocycles. The third-order valence-corrected chi connectivity index (χ3v) is 2.39. The molecule has 0 heterocycles. The Kier molecular flexibility index (Phi) is 5.64. The first kappa shape index (κ1) is 11.4. The Morgan fingerprint density at radius 2 is 2.08 bits per heavy atom. The van der Waals surface area contributed by atoms with Crippen molar-refractivity contribution in [3.63, 3.8) is 0 Å². The second-order valence-electron chi connectivity index (χ2n) is 2.48. The summed E-state index contributed by atoms with van der Waals surface area (Å²) in [5.74, 6) is 0. The van der Waals surface area contributed by atoms with E-state index in [4.69, 9.17) is 0 Å². The summed E-state index contributed by atoms with van der Waals surface area (Å²) in [4.78, 5) is 1.26. The smallest absolute Gasteiger partial charge is 0.0116 e. The molecule has 0 aliphatic carbocycles. The van der Waals surface area contributed by atoms with Crippen molar-refractivity contribution in [3.05, 3.63) is 34.9 Å². The second-order valence-corrected chi connectivity index (χ2v) is 3.33. The Balaban J connectivity index is 4.74. The third kappa shape index (κ3) is 3.18. The Labute approximate surface area is 79.6 Å². The highest BCUT2D eigenvalue weighted by Gasteiger charge is 2.02. The minimum Gasteiger partial charge on any atom is -0.393 e. The van der Waals surface area contributed by atoms with Gasteiger partial charge in [0.15, 0.2) is 0 Å². The highest BCUT2D eigenvalue weighted by atomic mass is 32.2. The van der Waals surface area contributed by atoms with E-state index in [9.17, 15) is 0 Å². The standard InChI is InChI=1S/C10H17NS/c1-6-10(12-5)9(7-11-4)8(2)3/h6-7,11H,2H2,1,3-5H3/b9-7-,10-6+. The first-order valence-electron chi connectivity index (χ1n) is 3.91. The van der Waals surface area contributed by atoms with Crippen LogP contribution in [-0.4, -0.2) is 13.3 Å². The van der Waals surface area contributed by atoms with Gasteiger partial charge in [-0.15, -0.1) is 11.8 Å². The molecule has 0 aliphatic rings. The minimum absolute atomic E-state index is 1.09.